The van der Waals surface area contributed by atoms with Gasteiger partial charge in [-0.25, -0.2) is 8.42 Å². The third kappa shape index (κ3) is 1.62. The van der Waals surface area contributed by atoms with Crippen molar-refractivity contribution in [2.75, 3.05) is 17.6 Å². The molecule has 1 heterocycles. The Balaban J connectivity index is 2.64. The van der Waals surface area contributed by atoms with Crippen LogP contribution in [0.3, 0.4) is 0 Å². The minimum atomic E-state index is -3.06. The molecule has 76 valence electrons. The quantitative estimate of drug-likeness (QED) is 0.708. The van der Waals surface area contributed by atoms with Crippen LogP contribution in [-0.2, 0) is 9.84 Å². The zero-order chi connectivity index (χ0) is 10.2. The normalized spacial score (nSPS) is 19.2. The molecule has 0 amide bonds. The summed E-state index contributed by atoms with van der Waals surface area (Å²) in [6.45, 7) is 2.63. The van der Waals surface area contributed by atoms with Crippen LogP contribution < -0.4 is 5.32 Å². The van der Waals surface area contributed by atoms with Crippen LogP contribution in [0.2, 0.25) is 0 Å². The Labute approximate surface area is 84.1 Å². The lowest BCUT2D eigenvalue weighted by Gasteiger charge is -2.07. The van der Waals surface area contributed by atoms with Crippen molar-refractivity contribution in [2.24, 2.45) is 0 Å². The number of rotatable bonds is 0. The van der Waals surface area contributed by atoms with Gasteiger partial charge >= 0.3 is 0 Å². The van der Waals surface area contributed by atoms with Crippen LogP contribution in [-0.4, -0.2) is 20.7 Å². The first kappa shape index (κ1) is 9.52. The first-order valence-electron chi connectivity index (χ1n) is 4.67. The molecule has 3 nitrogen and oxygen atoms in total. The summed E-state index contributed by atoms with van der Waals surface area (Å²) in [6, 6.07) is 5.50. The Hall–Kier alpha value is -1.03. The lowest BCUT2D eigenvalue weighted by molar-refractivity contribution is 0.596. The number of fused-ring (bicyclic) bond motifs is 1. The monoisotopic (exact) mass is 211 g/mol. The van der Waals surface area contributed by atoms with Crippen LogP contribution in [0.15, 0.2) is 23.1 Å². The molecule has 1 N–H and O–H groups in total. The van der Waals surface area contributed by atoms with E-state index in [1.54, 1.807) is 6.07 Å². The third-order valence-electron chi connectivity index (χ3n) is 2.38. The highest BCUT2D eigenvalue weighted by atomic mass is 32.2. The van der Waals surface area contributed by atoms with Crippen LogP contribution in [0.4, 0.5) is 5.69 Å². The number of anilines is 1. The van der Waals surface area contributed by atoms with Gasteiger partial charge in [0, 0.05) is 6.54 Å². The Kier molecular flexibility index (Phi) is 2.23. The van der Waals surface area contributed by atoms with Crippen molar-refractivity contribution >= 4 is 15.5 Å². The maximum atomic E-state index is 11.8. The van der Waals surface area contributed by atoms with Crippen LogP contribution in [0.1, 0.15) is 12.0 Å². The molecule has 0 fully saturated rings. The van der Waals surface area contributed by atoms with Crippen LogP contribution in [0.5, 0.6) is 0 Å². The van der Waals surface area contributed by atoms with E-state index in [4.69, 9.17) is 0 Å². The topological polar surface area (TPSA) is 46.2 Å². The number of aryl methyl sites for hydroxylation is 1. The van der Waals surface area contributed by atoms with Crippen molar-refractivity contribution in [3.63, 3.8) is 0 Å². The summed E-state index contributed by atoms with van der Waals surface area (Å²) in [7, 11) is -3.06. The summed E-state index contributed by atoms with van der Waals surface area (Å²) in [5.41, 5.74) is 1.73. The summed E-state index contributed by atoms with van der Waals surface area (Å²) in [5.74, 6) is 0.246. The van der Waals surface area contributed by atoms with Gasteiger partial charge in [-0.3, -0.25) is 0 Å². The molecule has 1 aromatic rings. The smallest absolute Gasteiger partial charge is 0.180 e. The van der Waals surface area contributed by atoms with E-state index >= 15 is 0 Å². The second-order valence-corrected chi connectivity index (χ2v) is 5.68. The fourth-order valence-corrected chi connectivity index (χ4v) is 3.21. The van der Waals surface area contributed by atoms with Crippen molar-refractivity contribution in [3.8, 4) is 0 Å². The highest BCUT2D eigenvalue weighted by molar-refractivity contribution is 7.91. The van der Waals surface area contributed by atoms with E-state index in [1.807, 2.05) is 19.1 Å². The number of nitrogens with one attached hydrogen (secondary N) is 1. The summed E-state index contributed by atoms with van der Waals surface area (Å²) in [5, 5.41) is 3.13. The standard InChI is InChI=1S/C10H13NO2S/c1-8-3-4-9-10(7-8)14(12,13)6-2-5-11-9/h3-4,7,11H,2,5-6H2,1H3. The van der Waals surface area contributed by atoms with Gasteiger partial charge in [-0.2, -0.15) is 0 Å². The lowest BCUT2D eigenvalue weighted by atomic mass is 10.2. The molecule has 0 radical (unpaired) electrons. The van der Waals surface area contributed by atoms with Gasteiger partial charge in [-0.15, -0.1) is 0 Å². The predicted octanol–water partition coefficient (Wildman–Crippen LogP) is 1.58. The van der Waals surface area contributed by atoms with E-state index in [1.165, 1.54) is 0 Å². The van der Waals surface area contributed by atoms with E-state index < -0.39 is 9.84 Å². The summed E-state index contributed by atoms with van der Waals surface area (Å²) in [4.78, 5) is 0.454. The van der Waals surface area contributed by atoms with Crippen molar-refractivity contribution in [3.05, 3.63) is 23.8 Å². The Morgan fingerprint density at radius 3 is 2.93 bits per heavy atom. The second-order valence-electron chi connectivity index (χ2n) is 3.60. The minimum Gasteiger partial charge on any atom is -0.384 e. The number of hydrogen-bond donors (Lipinski definition) is 1. The maximum Gasteiger partial charge on any atom is 0.180 e. The fourth-order valence-electron chi connectivity index (χ4n) is 1.63. The van der Waals surface area contributed by atoms with Gasteiger partial charge in [0.25, 0.3) is 0 Å². The van der Waals surface area contributed by atoms with Gasteiger partial charge in [0.2, 0.25) is 0 Å². The number of sulfone groups is 1. The van der Waals surface area contributed by atoms with E-state index in [0.717, 1.165) is 17.8 Å². The largest absolute Gasteiger partial charge is 0.384 e. The van der Waals surface area contributed by atoms with Crippen molar-refractivity contribution in [2.45, 2.75) is 18.2 Å². The van der Waals surface area contributed by atoms with Crippen LogP contribution in [0.25, 0.3) is 0 Å². The van der Waals surface area contributed by atoms with Gasteiger partial charge in [0.15, 0.2) is 9.84 Å². The molecule has 0 atom stereocenters. The minimum absolute atomic E-state index is 0.246. The molecular formula is C10H13NO2S. The van der Waals surface area contributed by atoms with Crippen molar-refractivity contribution < 1.29 is 8.42 Å². The molecule has 1 aliphatic heterocycles. The molecule has 0 bridgehead atoms. The molecule has 1 aliphatic rings. The summed E-state index contributed by atoms with van der Waals surface area (Å²) < 4.78 is 23.6. The van der Waals surface area contributed by atoms with E-state index in [0.29, 0.717) is 11.3 Å². The molecule has 0 saturated carbocycles. The highest BCUT2D eigenvalue weighted by Crippen LogP contribution is 2.26. The summed E-state index contributed by atoms with van der Waals surface area (Å²) in [6.07, 6.45) is 0.677. The number of hydrogen-bond acceptors (Lipinski definition) is 3. The second kappa shape index (κ2) is 3.28. The van der Waals surface area contributed by atoms with Crippen LogP contribution >= 0.6 is 0 Å². The van der Waals surface area contributed by atoms with Gasteiger partial charge < -0.3 is 5.32 Å². The molecule has 0 aromatic heterocycles. The fraction of sp³-hybridized carbons (Fsp3) is 0.400. The van der Waals surface area contributed by atoms with Gasteiger partial charge in [0.05, 0.1) is 16.3 Å². The lowest BCUT2D eigenvalue weighted by Crippen LogP contribution is -2.05. The average molecular weight is 211 g/mol. The molecule has 1 aromatic carbocycles. The Morgan fingerprint density at radius 2 is 2.14 bits per heavy atom. The molecule has 14 heavy (non-hydrogen) atoms. The van der Waals surface area contributed by atoms with Gasteiger partial charge in [-0.1, -0.05) is 6.07 Å². The Morgan fingerprint density at radius 1 is 1.36 bits per heavy atom. The highest BCUT2D eigenvalue weighted by Gasteiger charge is 2.21. The van der Waals surface area contributed by atoms with Crippen molar-refractivity contribution in [1.29, 1.82) is 0 Å². The van der Waals surface area contributed by atoms with Crippen molar-refractivity contribution in [1.82, 2.24) is 0 Å². The molecule has 0 saturated heterocycles. The molecule has 0 aliphatic carbocycles. The zero-order valence-electron chi connectivity index (χ0n) is 8.08. The molecule has 2 rings (SSSR count). The Bertz CT molecular complexity index is 451. The van der Waals surface area contributed by atoms with Gasteiger partial charge in [-0.05, 0) is 31.0 Å². The number of benzene rings is 1. The molecule has 0 unspecified atom stereocenters. The van der Waals surface area contributed by atoms with Gasteiger partial charge in [0.1, 0.15) is 0 Å². The third-order valence-corrected chi connectivity index (χ3v) is 4.21. The molecule has 0 spiro atoms. The average Bonchev–Trinajstić information content (AvgIpc) is 2.26. The molecule has 4 heteroatoms. The van der Waals surface area contributed by atoms with E-state index in [9.17, 15) is 8.42 Å². The first-order valence-corrected chi connectivity index (χ1v) is 6.32. The SMILES string of the molecule is Cc1ccc2c(c1)S(=O)(=O)CCCN2. The maximum absolute atomic E-state index is 11.8. The van der Waals surface area contributed by atoms with Crippen LogP contribution in [0, 0.1) is 6.92 Å². The van der Waals surface area contributed by atoms with E-state index in [-0.39, 0.29) is 5.75 Å². The first-order chi connectivity index (χ1) is 6.59. The predicted molar refractivity (Wildman–Crippen MR) is 56.3 cm³/mol. The zero-order valence-corrected chi connectivity index (χ0v) is 8.89. The van der Waals surface area contributed by atoms with E-state index in [2.05, 4.69) is 5.32 Å². The summed E-state index contributed by atoms with van der Waals surface area (Å²) >= 11 is 0. The molecular weight excluding hydrogens is 198 g/mol.